The van der Waals surface area contributed by atoms with Gasteiger partial charge in [-0.1, -0.05) is 36.4 Å². The summed E-state index contributed by atoms with van der Waals surface area (Å²) >= 11 is 0. The SMILES string of the molecule is COc1ccc([C@H](C#N)CC(=O)c2ccc(OCc3ccccc3)c(OC)c2)cc1OC. The lowest BCUT2D eigenvalue weighted by molar-refractivity contribution is 0.0978. The molecule has 32 heavy (non-hydrogen) atoms. The zero-order valence-corrected chi connectivity index (χ0v) is 18.3. The molecular formula is C26H25NO5. The summed E-state index contributed by atoms with van der Waals surface area (Å²) in [4.78, 5) is 12.9. The molecular weight excluding hydrogens is 406 g/mol. The second kappa shape index (κ2) is 10.9. The molecule has 6 nitrogen and oxygen atoms in total. The van der Waals surface area contributed by atoms with Gasteiger partial charge < -0.3 is 18.9 Å². The first-order chi connectivity index (χ1) is 15.6. The zero-order chi connectivity index (χ0) is 22.9. The van der Waals surface area contributed by atoms with Gasteiger partial charge in [0.05, 0.1) is 33.3 Å². The van der Waals surface area contributed by atoms with Gasteiger partial charge in [0, 0.05) is 12.0 Å². The van der Waals surface area contributed by atoms with E-state index in [1.165, 1.54) is 14.2 Å². The van der Waals surface area contributed by atoms with Crippen molar-refractivity contribution in [3.8, 4) is 29.1 Å². The Morgan fingerprint density at radius 3 is 2.16 bits per heavy atom. The zero-order valence-electron chi connectivity index (χ0n) is 18.3. The van der Waals surface area contributed by atoms with Crippen molar-refractivity contribution in [2.45, 2.75) is 18.9 Å². The Kier molecular flexibility index (Phi) is 7.71. The van der Waals surface area contributed by atoms with Crippen LogP contribution >= 0.6 is 0 Å². The van der Waals surface area contributed by atoms with Gasteiger partial charge in [-0.3, -0.25) is 4.79 Å². The Hall–Kier alpha value is -3.98. The number of ether oxygens (including phenoxy) is 4. The molecule has 0 aliphatic heterocycles. The fourth-order valence-corrected chi connectivity index (χ4v) is 3.31. The number of nitrogens with zero attached hydrogens (tertiary/aromatic N) is 1. The number of hydrogen-bond acceptors (Lipinski definition) is 6. The minimum absolute atomic E-state index is 0.0271. The molecule has 0 radical (unpaired) electrons. The summed E-state index contributed by atoms with van der Waals surface area (Å²) in [7, 11) is 4.60. The van der Waals surface area contributed by atoms with Crippen LogP contribution in [0.25, 0.3) is 0 Å². The van der Waals surface area contributed by atoms with Crippen LogP contribution in [-0.4, -0.2) is 27.1 Å². The number of rotatable bonds is 10. The highest BCUT2D eigenvalue weighted by Crippen LogP contribution is 2.33. The first kappa shape index (κ1) is 22.7. The summed E-state index contributed by atoms with van der Waals surface area (Å²) in [5.74, 6) is 1.30. The first-order valence-corrected chi connectivity index (χ1v) is 10.1. The Morgan fingerprint density at radius 2 is 1.50 bits per heavy atom. The van der Waals surface area contributed by atoms with Crippen LogP contribution < -0.4 is 18.9 Å². The second-order valence-corrected chi connectivity index (χ2v) is 7.06. The largest absolute Gasteiger partial charge is 0.493 e. The van der Waals surface area contributed by atoms with E-state index in [-0.39, 0.29) is 12.2 Å². The lowest BCUT2D eigenvalue weighted by Gasteiger charge is -2.14. The van der Waals surface area contributed by atoms with Gasteiger partial charge in [0.1, 0.15) is 6.61 Å². The van der Waals surface area contributed by atoms with Gasteiger partial charge in [-0.2, -0.15) is 5.26 Å². The van der Waals surface area contributed by atoms with Crippen molar-refractivity contribution in [2.75, 3.05) is 21.3 Å². The standard InChI is InChI=1S/C26H25NO5/c1-29-23-11-9-19(14-25(23)30-2)21(16-27)13-22(28)20-10-12-24(26(15-20)31-3)32-17-18-7-5-4-6-8-18/h4-12,14-15,21H,13,17H2,1-3H3/t21-/m0/s1. The van der Waals surface area contributed by atoms with E-state index in [4.69, 9.17) is 18.9 Å². The highest BCUT2D eigenvalue weighted by Gasteiger charge is 2.20. The van der Waals surface area contributed by atoms with Crippen molar-refractivity contribution < 1.29 is 23.7 Å². The Labute approximate surface area is 187 Å². The van der Waals surface area contributed by atoms with Crippen LogP contribution in [0.15, 0.2) is 66.7 Å². The molecule has 0 aliphatic rings. The fraction of sp³-hybridized carbons (Fsp3) is 0.231. The van der Waals surface area contributed by atoms with Crippen LogP contribution in [-0.2, 0) is 6.61 Å². The van der Waals surface area contributed by atoms with Crippen LogP contribution in [0, 0.1) is 11.3 Å². The van der Waals surface area contributed by atoms with Crippen LogP contribution in [0.3, 0.4) is 0 Å². The second-order valence-electron chi connectivity index (χ2n) is 7.06. The molecule has 0 N–H and O–H groups in total. The minimum atomic E-state index is -0.623. The van der Waals surface area contributed by atoms with Gasteiger partial charge in [0.2, 0.25) is 0 Å². The molecule has 0 fully saturated rings. The third kappa shape index (κ3) is 5.38. The molecule has 3 aromatic rings. The molecule has 1 atom stereocenters. The molecule has 0 aliphatic carbocycles. The topological polar surface area (TPSA) is 77.8 Å². The van der Waals surface area contributed by atoms with Gasteiger partial charge in [-0.05, 0) is 41.5 Å². The van der Waals surface area contributed by atoms with Crippen LogP contribution in [0.5, 0.6) is 23.0 Å². The average molecular weight is 431 g/mol. The molecule has 0 saturated carbocycles. The van der Waals surface area contributed by atoms with E-state index in [9.17, 15) is 10.1 Å². The Bertz CT molecular complexity index is 1100. The molecule has 0 heterocycles. The van der Waals surface area contributed by atoms with E-state index >= 15 is 0 Å². The predicted octanol–water partition coefficient (Wildman–Crippen LogP) is 5.17. The summed E-state index contributed by atoms with van der Waals surface area (Å²) in [6.45, 7) is 0.389. The van der Waals surface area contributed by atoms with E-state index in [1.807, 2.05) is 30.3 Å². The van der Waals surface area contributed by atoms with Gasteiger partial charge in [-0.15, -0.1) is 0 Å². The van der Waals surface area contributed by atoms with E-state index in [0.717, 1.165) is 5.56 Å². The van der Waals surface area contributed by atoms with Gasteiger partial charge in [0.15, 0.2) is 28.8 Å². The maximum atomic E-state index is 12.9. The van der Waals surface area contributed by atoms with E-state index < -0.39 is 5.92 Å². The number of carbonyl (C=O) groups excluding carboxylic acids is 1. The van der Waals surface area contributed by atoms with E-state index in [0.29, 0.717) is 40.7 Å². The maximum absolute atomic E-state index is 12.9. The smallest absolute Gasteiger partial charge is 0.164 e. The maximum Gasteiger partial charge on any atom is 0.164 e. The summed E-state index contributed by atoms with van der Waals surface area (Å²) in [5.41, 5.74) is 2.17. The molecule has 3 aromatic carbocycles. The molecule has 0 saturated heterocycles. The van der Waals surface area contributed by atoms with E-state index in [1.54, 1.807) is 43.5 Å². The summed E-state index contributed by atoms with van der Waals surface area (Å²) in [6.07, 6.45) is 0.0271. The number of benzene rings is 3. The molecule has 3 rings (SSSR count). The summed E-state index contributed by atoms with van der Waals surface area (Å²) in [6, 6.07) is 22.3. The Balaban J connectivity index is 1.74. The minimum Gasteiger partial charge on any atom is -0.493 e. The molecule has 0 aromatic heterocycles. The van der Waals surface area contributed by atoms with Gasteiger partial charge >= 0.3 is 0 Å². The number of carbonyl (C=O) groups is 1. The third-order valence-electron chi connectivity index (χ3n) is 5.08. The number of hydrogen-bond donors (Lipinski definition) is 0. The normalized spacial score (nSPS) is 11.2. The quantitative estimate of drug-likeness (QED) is 0.412. The highest BCUT2D eigenvalue weighted by molar-refractivity contribution is 5.97. The monoisotopic (exact) mass is 431 g/mol. The summed E-state index contributed by atoms with van der Waals surface area (Å²) in [5, 5.41) is 9.67. The van der Waals surface area contributed by atoms with Crippen molar-refractivity contribution in [1.82, 2.24) is 0 Å². The van der Waals surface area contributed by atoms with Crippen LogP contribution in [0.4, 0.5) is 0 Å². The van der Waals surface area contributed by atoms with Crippen molar-refractivity contribution in [3.63, 3.8) is 0 Å². The highest BCUT2D eigenvalue weighted by atomic mass is 16.5. The number of ketones is 1. The predicted molar refractivity (Wildman–Crippen MR) is 121 cm³/mol. The van der Waals surface area contributed by atoms with Gasteiger partial charge in [0.25, 0.3) is 0 Å². The van der Waals surface area contributed by atoms with Crippen molar-refractivity contribution in [3.05, 3.63) is 83.4 Å². The fourth-order valence-electron chi connectivity index (χ4n) is 3.31. The molecule has 6 heteroatoms. The number of methoxy groups -OCH3 is 3. The van der Waals surface area contributed by atoms with Crippen LogP contribution in [0.2, 0.25) is 0 Å². The van der Waals surface area contributed by atoms with Crippen molar-refractivity contribution in [2.24, 2.45) is 0 Å². The lowest BCUT2D eigenvalue weighted by Crippen LogP contribution is -2.07. The molecule has 0 bridgehead atoms. The molecule has 0 unspecified atom stereocenters. The Morgan fingerprint density at radius 1 is 0.844 bits per heavy atom. The first-order valence-electron chi connectivity index (χ1n) is 10.1. The van der Waals surface area contributed by atoms with Gasteiger partial charge in [-0.25, -0.2) is 0 Å². The van der Waals surface area contributed by atoms with Crippen molar-refractivity contribution >= 4 is 5.78 Å². The lowest BCUT2D eigenvalue weighted by atomic mass is 9.92. The van der Waals surface area contributed by atoms with E-state index in [2.05, 4.69) is 6.07 Å². The average Bonchev–Trinajstić information content (AvgIpc) is 2.85. The number of nitriles is 1. The van der Waals surface area contributed by atoms with Crippen LogP contribution in [0.1, 0.15) is 33.8 Å². The molecule has 0 spiro atoms. The van der Waals surface area contributed by atoms with Crippen molar-refractivity contribution in [1.29, 1.82) is 5.26 Å². The molecule has 164 valence electrons. The number of Topliss-reactive ketones (excluding diaryl/α,β-unsaturated/α-hetero) is 1. The molecule has 0 amide bonds. The summed E-state index contributed by atoms with van der Waals surface area (Å²) < 4.78 is 21.8. The third-order valence-corrected chi connectivity index (χ3v) is 5.08.